The minimum absolute atomic E-state index is 0.736. The lowest BCUT2D eigenvalue weighted by Gasteiger charge is -2.16. The highest BCUT2D eigenvalue weighted by Gasteiger charge is 2.22. The smallest absolute Gasteiger partial charge is 0.137 e. The van der Waals surface area contributed by atoms with Crippen molar-refractivity contribution >= 4 is 11.0 Å². The van der Waals surface area contributed by atoms with Gasteiger partial charge in [-0.15, -0.1) is 0 Å². The predicted molar refractivity (Wildman–Crippen MR) is 87.4 cm³/mol. The normalized spacial score (nSPS) is 19.0. The van der Waals surface area contributed by atoms with Gasteiger partial charge >= 0.3 is 0 Å². The first-order valence-corrected chi connectivity index (χ1v) is 7.90. The molecule has 1 saturated heterocycles. The molecular weight excluding hydrogens is 272 g/mol. The number of fused-ring (bicyclic) bond motifs is 1. The van der Waals surface area contributed by atoms with E-state index in [1.165, 1.54) is 36.0 Å². The van der Waals surface area contributed by atoms with Crippen molar-refractivity contribution in [1.82, 2.24) is 19.9 Å². The fraction of sp³-hybridized carbons (Fsp3) is 0.333. The number of nitrogens with zero attached hydrogens (tertiary/aromatic N) is 3. The number of H-pyrrole nitrogens is 1. The highest BCUT2D eigenvalue weighted by molar-refractivity contribution is 5.75. The molecule has 4 rings (SSSR count). The Bertz CT molecular complexity index is 750. The number of rotatable bonds is 4. The molecule has 0 saturated carbocycles. The van der Waals surface area contributed by atoms with Crippen LogP contribution in [0.5, 0.6) is 0 Å². The van der Waals surface area contributed by atoms with Crippen LogP contribution in [0.2, 0.25) is 0 Å². The topological polar surface area (TPSA) is 44.8 Å². The monoisotopic (exact) mass is 292 g/mol. The Morgan fingerprint density at radius 3 is 3.00 bits per heavy atom. The molecule has 1 fully saturated rings. The van der Waals surface area contributed by atoms with Gasteiger partial charge in [-0.2, -0.15) is 0 Å². The van der Waals surface area contributed by atoms with Crippen molar-refractivity contribution in [2.45, 2.75) is 19.4 Å². The summed E-state index contributed by atoms with van der Waals surface area (Å²) in [6.07, 6.45) is 10.1. The van der Waals surface area contributed by atoms with Crippen LogP contribution >= 0.6 is 0 Å². The van der Waals surface area contributed by atoms with Crippen LogP contribution < -0.4 is 0 Å². The summed E-state index contributed by atoms with van der Waals surface area (Å²) < 4.78 is 0. The van der Waals surface area contributed by atoms with Crippen molar-refractivity contribution in [2.75, 3.05) is 13.1 Å². The Kier molecular flexibility index (Phi) is 3.60. The lowest BCUT2D eigenvalue weighted by Crippen LogP contribution is -2.20. The highest BCUT2D eigenvalue weighted by atomic mass is 15.1. The summed E-state index contributed by atoms with van der Waals surface area (Å²) in [5.74, 6) is 0.736. The van der Waals surface area contributed by atoms with E-state index in [1.807, 2.05) is 24.8 Å². The summed E-state index contributed by atoms with van der Waals surface area (Å²) in [6, 6.07) is 8.58. The van der Waals surface area contributed by atoms with Crippen molar-refractivity contribution in [3.05, 3.63) is 60.2 Å². The number of aromatic amines is 1. The molecule has 4 nitrogen and oxygen atoms in total. The van der Waals surface area contributed by atoms with Gasteiger partial charge in [0, 0.05) is 43.3 Å². The maximum atomic E-state index is 4.49. The summed E-state index contributed by atoms with van der Waals surface area (Å²) in [5, 5.41) is 1.21. The molecule has 0 radical (unpaired) electrons. The molecule has 0 aromatic carbocycles. The third-order valence-corrected chi connectivity index (χ3v) is 4.51. The molecule has 0 amide bonds. The van der Waals surface area contributed by atoms with Crippen molar-refractivity contribution in [2.24, 2.45) is 5.92 Å². The first-order chi connectivity index (χ1) is 10.9. The molecule has 0 bridgehead atoms. The van der Waals surface area contributed by atoms with E-state index in [1.54, 1.807) is 0 Å². The first-order valence-electron chi connectivity index (χ1n) is 7.90. The van der Waals surface area contributed by atoms with E-state index in [0.717, 1.165) is 24.5 Å². The largest absolute Gasteiger partial charge is 0.346 e. The van der Waals surface area contributed by atoms with Gasteiger partial charge in [0.1, 0.15) is 5.65 Å². The molecule has 3 aromatic rings. The number of nitrogens with one attached hydrogen (secondary N) is 1. The highest BCUT2D eigenvalue weighted by Crippen LogP contribution is 2.23. The Morgan fingerprint density at radius 1 is 1.18 bits per heavy atom. The van der Waals surface area contributed by atoms with E-state index in [-0.39, 0.29) is 0 Å². The third-order valence-electron chi connectivity index (χ3n) is 4.51. The molecule has 1 unspecified atom stereocenters. The van der Waals surface area contributed by atoms with Crippen molar-refractivity contribution < 1.29 is 0 Å². The van der Waals surface area contributed by atoms with Crippen LogP contribution in [-0.2, 0) is 13.0 Å². The summed E-state index contributed by atoms with van der Waals surface area (Å²) in [7, 11) is 0. The molecule has 1 aliphatic rings. The Morgan fingerprint density at radius 2 is 2.09 bits per heavy atom. The van der Waals surface area contributed by atoms with Gasteiger partial charge in [0.05, 0.1) is 0 Å². The zero-order valence-electron chi connectivity index (χ0n) is 12.6. The average molecular weight is 292 g/mol. The fourth-order valence-electron chi connectivity index (χ4n) is 3.40. The summed E-state index contributed by atoms with van der Waals surface area (Å²) in [6.45, 7) is 3.40. The second-order valence-electron chi connectivity index (χ2n) is 6.21. The molecular formula is C18H20N4. The van der Waals surface area contributed by atoms with Gasteiger partial charge in [-0.3, -0.25) is 9.88 Å². The van der Waals surface area contributed by atoms with Gasteiger partial charge in [-0.25, -0.2) is 4.98 Å². The summed E-state index contributed by atoms with van der Waals surface area (Å²) in [5.41, 5.74) is 3.68. The van der Waals surface area contributed by atoms with E-state index >= 15 is 0 Å². The zero-order valence-corrected chi connectivity index (χ0v) is 12.6. The average Bonchev–Trinajstić information content (AvgIpc) is 3.17. The molecule has 1 N–H and O–H groups in total. The maximum Gasteiger partial charge on any atom is 0.137 e. The molecule has 22 heavy (non-hydrogen) atoms. The van der Waals surface area contributed by atoms with Gasteiger partial charge in [-0.1, -0.05) is 0 Å². The molecule has 4 heteroatoms. The number of likely N-dealkylation sites (tertiary alicyclic amines) is 1. The fourth-order valence-corrected chi connectivity index (χ4v) is 3.40. The minimum Gasteiger partial charge on any atom is -0.346 e. The van der Waals surface area contributed by atoms with Crippen LogP contribution in [0, 0.1) is 5.92 Å². The lowest BCUT2D eigenvalue weighted by atomic mass is 9.99. The van der Waals surface area contributed by atoms with E-state index in [0.29, 0.717) is 0 Å². The maximum absolute atomic E-state index is 4.49. The van der Waals surface area contributed by atoms with Crippen LogP contribution in [0.1, 0.15) is 17.5 Å². The van der Waals surface area contributed by atoms with Gasteiger partial charge in [0.15, 0.2) is 0 Å². The molecule has 0 aliphatic carbocycles. The standard InChI is InChI=1S/C18H20N4/c1-5-19-6-2-14(1)12-22-8-4-15(13-22)9-16-10-17-3-7-20-18(17)21-11-16/h1-3,5-7,10-11,15H,4,8-9,12-13H2,(H,20,21). The third kappa shape index (κ3) is 2.88. The van der Waals surface area contributed by atoms with Crippen LogP contribution in [0.25, 0.3) is 11.0 Å². The predicted octanol–water partition coefficient (Wildman–Crippen LogP) is 3.02. The minimum atomic E-state index is 0.736. The molecule has 0 spiro atoms. The quantitative estimate of drug-likeness (QED) is 0.804. The summed E-state index contributed by atoms with van der Waals surface area (Å²) >= 11 is 0. The molecule has 4 heterocycles. The summed E-state index contributed by atoms with van der Waals surface area (Å²) in [4.78, 5) is 14.3. The van der Waals surface area contributed by atoms with Crippen molar-refractivity contribution in [3.8, 4) is 0 Å². The molecule has 1 atom stereocenters. The SMILES string of the molecule is c1cc(CN2CCC(Cc3cnc4[nH]ccc4c3)C2)ccn1. The van der Waals surface area contributed by atoms with Gasteiger partial charge in [0.2, 0.25) is 0 Å². The lowest BCUT2D eigenvalue weighted by molar-refractivity contribution is 0.316. The van der Waals surface area contributed by atoms with Crippen LogP contribution in [-0.4, -0.2) is 32.9 Å². The first kappa shape index (κ1) is 13.5. The van der Waals surface area contributed by atoms with Gasteiger partial charge in [0.25, 0.3) is 0 Å². The van der Waals surface area contributed by atoms with Crippen molar-refractivity contribution in [3.63, 3.8) is 0 Å². The van der Waals surface area contributed by atoms with Crippen LogP contribution in [0.15, 0.2) is 49.1 Å². The van der Waals surface area contributed by atoms with Gasteiger partial charge < -0.3 is 4.98 Å². The van der Waals surface area contributed by atoms with Crippen LogP contribution in [0.3, 0.4) is 0 Å². The number of hydrogen-bond donors (Lipinski definition) is 1. The van der Waals surface area contributed by atoms with E-state index in [9.17, 15) is 0 Å². The van der Waals surface area contributed by atoms with Crippen molar-refractivity contribution in [1.29, 1.82) is 0 Å². The van der Waals surface area contributed by atoms with E-state index < -0.39 is 0 Å². The molecule has 1 aliphatic heterocycles. The number of pyridine rings is 2. The number of aromatic nitrogens is 3. The van der Waals surface area contributed by atoms with E-state index in [2.05, 4.69) is 44.1 Å². The second kappa shape index (κ2) is 5.89. The second-order valence-corrected chi connectivity index (χ2v) is 6.21. The Labute approximate surface area is 130 Å². The van der Waals surface area contributed by atoms with E-state index in [4.69, 9.17) is 0 Å². The molecule has 112 valence electrons. The Hall–Kier alpha value is -2.20. The number of hydrogen-bond acceptors (Lipinski definition) is 3. The zero-order chi connectivity index (χ0) is 14.8. The molecule has 3 aromatic heterocycles. The Balaban J connectivity index is 1.38. The van der Waals surface area contributed by atoms with Crippen LogP contribution in [0.4, 0.5) is 0 Å². The van der Waals surface area contributed by atoms with Gasteiger partial charge in [-0.05, 0) is 60.7 Å².